The highest BCUT2D eigenvalue weighted by molar-refractivity contribution is 7.99. The molecule has 1 aromatic rings. The van der Waals surface area contributed by atoms with Gasteiger partial charge in [-0.05, 0) is 49.3 Å². The number of pyridine rings is 1. The zero-order valence-electron chi connectivity index (χ0n) is 11.2. The summed E-state index contributed by atoms with van der Waals surface area (Å²) < 4.78 is 0. The van der Waals surface area contributed by atoms with Crippen LogP contribution in [-0.2, 0) is 0 Å². The van der Waals surface area contributed by atoms with Crippen LogP contribution < -0.4 is 5.32 Å². The Morgan fingerprint density at radius 2 is 2.18 bits per heavy atom. The van der Waals surface area contributed by atoms with Gasteiger partial charge in [-0.15, -0.1) is 0 Å². The van der Waals surface area contributed by atoms with E-state index in [-0.39, 0.29) is 0 Å². The molecule has 1 aromatic heterocycles. The Hall–Kier alpha value is -0.540. The second kappa shape index (κ2) is 8.54. The first kappa shape index (κ1) is 14.5. The number of hydrogen-bond donors (Lipinski definition) is 1. The molecule has 0 aliphatic heterocycles. The first-order valence-electron chi connectivity index (χ1n) is 6.51. The summed E-state index contributed by atoms with van der Waals surface area (Å²) in [5.41, 5.74) is 2.69. The lowest BCUT2D eigenvalue weighted by Crippen LogP contribution is -2.25. The molecule has 0 aliphatic carbocycles. The third kappa shape index (κ3) is 5.09. The van der Waals surface area contributed by atoms with E-state index in [1.165, 1.54) is 29.7 Å². The molecule has 0 aliphatic rings. The first-order chi connectivity index (χ1) is 8.29. The Labute approximate surface area is 110 Å². The highest BCUT2D eigenvalue weighted by Gasteiger charge is 2.12. The average Bonchev–Trinajstić information content (AvgIpc) is 2.35. The van der Waals surface area contributed by atoms with E-state index in [9.17, 15) is 0 Å². The zero-order chi connectivity index (χ0) is 12.5. The van der Waals surface area contributed by atoms with Gasteiger partial charge in [-0.1, -0.05) is 13.8 Å². The first-order valence-corrected chi connectivity index (χ1v) is 7.66. The van der Waals surface area contributed by atoms with E-state index in [1.807, 2.05) is 24.2 Å². The molecule has 1 unspecified atom stereocenters. The van der Waals surface area contributed by atoms with Gasteiger partial charge in [0.25, 0.3) is 0 Å². The highest BCUT2D eigenvalue weighted by atomic mass is 32.2. The van der Waals surface area contributed by atoms with E-state index in [2.05, 4.69) is 37.1 Å². The molecule has 1 atom stereocenters. The van der Waals surface area contributed by atoms with Crippen LogP contribution in [0.25, 0.3) is 0 Å². The topological polar surface area (TPSA) is 24.9 Å². The highest BCUT2D eigenvalue weighted by Crippen LogP contribution is 2.21. The summed E-state index contributed by atoms with van der Waals surface area (Å²) in [7, 11) is 0. The normalized spacial score (nSPS) is 12.6. The second-order valence-electron chi connectivity index (χ2n) is 4.31. The van der Waals surface area contributed by atoms with Crippen molar-refractivity contribution in [2.45, 2.75) is 39.7 Å². The minimum Gasteiger partial charge on any atom is -0.309 e. The fraction of sp³-hybridized carbons (Fsp3) is 0.643. The Bertz CT molecular complexity index is 315. The SMILES string of the molecule is CCCNC(CSCCC)c1cnccc1C. The molecule has 1 heterocycles. The number of thioether (sulfide) groups is 1. The zero-order valence-corrected chi connectivity index (χ0v) is 12.0. The van der Waals surface area contributed by atoms with Crippen molar-refractivity contribution in [2.24, 2.45) is 0 Å². The molecule has 0 spiro atoms. The second-order valence-corrected chi connectivity index (χ2v) is 5.46. The van der Waals surface area contributed by atoms with E-state index in [0.717, 1.165) is 12.3 Å². The largest absolute Gasteiger partial charge is 0.309 e. The Morgan fingerprint density at radius 3 is 2.82 bits per heavy atom. The number of hydrogen-bond acceptors (Lipinski definition) is 3. The molecule has 0 amide bonds. The van der Waals surface area contributed by atoms with Crippen molar-refractivity contribution in [3.8, 4) is 0 Å². The maximum atomic E-state index is 4.25. The summed E-state index contributed by atoms with van der Waals surface area (Å²) in [6, 6.07) is 2.54. The molecule has 1 rings (SSSR count). The van der Waals surface area contributed by atoms with Crippen LogP contribution in [0.3, 0.4) is 0 Å². The van der Waals surface area contributed by atoms with Crippen molar-refractivity contribution in [3.63, 3.8) is 0 Å². The fourth-order valence-corrected chi connectivity index (χ4v) is 2.75. The molecular formula is C14H24N2S. The van der Waals surface area contributed by atoms with Crippen LogP contribution >= 0.6 is 11.8 Å². The van der Waals surface area contributed by atoms with Crippen molar-refractivity contribution in [3.05, 3.63) is 29.6 Å². The van der Waals surface area contributed by atoms with Gasteiger partial charge in [-0.2, -0.15) is 11.8 Å². The van der Waals surface area contributed by atoms with Gasteiger partial charge in [0.05, 0.1) is 0 Å². The lowest BCUT2D eigenvalue weighted by Gasteiger charge is -2.20. The standard InChI is InChI=1S/C14H24N2S/c1-4-7-16-14(11-17-9-5-2)13-10-15-8-6-12(13)3/h6,8,10,14,16H,4-5,7,9,11H2,1-3H3. The fourth-order valence-electron chi connectivity index (χ4n) is 1.76. The van der Waals surface area contributed by atoms with Crippen molar-refractivity contribution in [2.75, 3.05) is 18.1 Å². The maximum Gasteiger partial charge on any atom is 0.0429 e. The molecule has 0 saturated carbocycles. The quantitative estimate of drug-likeness (QED) is 0.716. The van der Waals surface area contributed by atoms with E-state index in [0.29, 0.717) is 6.04 Å². The predicted octanol–water partition coefficient (Wildman–Crippen LogP) is 3.57. The molecule has 0 aromatic carbocycles. The van der Waals surface area contributed by atoms with Gasteiger partial charge in [-0.25, -0.2) is 0 Å². The van der Waals surface area contributed by atoms with E-state index >= 15 is 0 Å². The molecule has 0 saturated heterocycles. The van der Waals surface area contributed by atoms with Crippen LogP contribution in [-0.4, -0.2) is 23.0 Å². The predicted molar refractivity (Wildman–Crippen MR) is 77.6 cm³/mol. The van der Waals surface area contributed by atoms with Gasteiger partial charge < -0.3 is 5.32 Å². The summed E-state index contributed by atoms with van der Waals surface area (Å²) in [6.07, 6.45) is 6.30. The minimum absolute atomic E-state index is 0.445. The lowest BCUT2D eigenvalue weighted by atomic mass is 10.1. The van der Waals surface area contributed by atoms with Crippen LogP contribution in [0.5, 0.6) is 0 Å². The molecule has 1 N–H and O–H groups in total. The van der Waals surface area contributed by atoms with Gasteiger partial charge in [0.15, 0.2) is 0 Å². The van der Waals surface area contributed by atoms with Crippen LogP contribution in [0.15, 0.2) is 18.5 Å². The average molecular weight is 252 g/mol. The summed E-state index contributed by atoms with van der Waals surface area (Å²) >= 11 is 2.03. The van der Waals surface area contributed by atoms with Gasteiger partial charge in [0.1, 0.15) is 0 Å². The van der Waals surface area contributed by atoms with Crippen molar-refractivity contribution in [1.82, 2.24) is 10.3 Å². The van der Waals surface area contributed by atoms with Crippen LogP contribution in [0.4, 0.5) is 0 Å². The number of aryl methyl sites for hydroxylation is 1. The third-order valence-electron chi connectivity index (χ3n) is 2.73. The van der Waals surface area contributed by atoms with Crippen LogP contribution in [0.2, 0.25) is 0 Å². The van der Waals surface area contributed by atoms with Gasteiger partial charge >= 0.3 is 0 Å². The third-order valence-corrected chi connectivity index (χ3v) is 3.99. The van der Waals surface area contributed by atoms with E-state index < -0.39 is 0 Å². The number of nitrogens with one attached hydrogen (secondary N) is 1. The lowest BCUT2D eigenvalue weighted by molar-refractivity contribution is 0.573. The molecule has 0 fully saturated rings. The van der Waals surface area contributed by atoms with E-state index in [1.54, 1.807) is 0 Å². The van der Waals surface area contributed by atoms with Gasteiger partial charge in [-0.3, -0.25) is 4.98 Å². The summed E-state index contributed by atoms with van der Waals surface area (Å²) in [6.45, 7) is 7.68. The molecule has 2 nitrogen and oxygen atoms in total. The summed E-state index contributed by atoms with van der Waals surface area (Å²) in [4.78, 5) is 4.25. The van der Waals surface area contributed by atoms with E-state index in [4.69, 9.17) is 0 Å². The molecular weight excluding hydrogens is 228 g/mol. The maximum absolute atomic E-state index is 4.25. The smallest absolute Gasteiger partial charge is 0.0429 e. The Balaban J connectivity index is 2.64. The molecule has 0 bridgehead atoms. The number of nitrogens with zero attached hydrogens (tertiary/aromatic N) is 1. The Morgan fingerprint density at radius 1 is 1.35 bits per heavy atom. The van der Waals surface area contributed by atoms with Crippen molar-refractivity contribution >= 4 is 11.8 Å². The molecule has 17 heavy (non-hydrogen) atoms. The summed E-state index contributed by atoms with van der Waals surface area (Å²) in [5, 5.41) is 3.62. The van der Waals surface area contributed by atoms with Crippen LogP contribution in [0.1, 0.15) is 43.9 Å². The van der Waals surface area contributed by atoms with Crippen molar-refractivity contribution < 1.29 is 0 Å². The minimum atomic E-state index is 0.445. The number of rotatable bonds is 8. The Kier molecular flexibility index (Phi) is 7.29. The molecule has 96 valence electrons. The monoisotopic (exact) mass is 252 g/mol. The summed E-state index contributed by atoms with van der Waals surface area (Å²) in [5.74, 6) is 2.38. The molecule has 0 radical (unpaired) electrons. The number of aromatic nitrogens is 1. The molecule has 3 heteroatoms. The van der Waals surface area contributed by atoms with Gasteiger partial charge in [0.2, 0.25) is 0 Å². The van der Waals surface area contributed by atoms with Crippen molar-refractivity contribution in [1.29, 1.82) is 0 Å². The van der Waals surface area contributed by atoms with Crippen LogP contribution in [0, 0.1) is 6.92 Å². The van der Waals surface area contributed by atoms with Gasteiger partial charge in [0, 0.05) is 24.2 Å².